The van der Waals surface area contributed by atoms with Crippen LogP contribution >= 0.6 is 23.2 Å². The number of carbonyl (C=O) groups is 3. The van der Waals surface area contributed by atoms with Gasteiger partial charge in [-0.1, -0.05) is 48.5 Å². The summed E-state index contributed by atoms with van der Waals surface area (Å²) < 4.78 is 5.23. The van der Waals surface area contributed by atoms with Crippen LogP contribution in [0.5, 0.6) is 0 Å². The predicted molar refractivity (Wildman–Crippen MR) is 133 cm³/mol. The van der Waals surface area contributed by atoms with Crippen molar-refractivity contribution in [2.45, 2.75) is 29.7 Å². The SMILES string of the molecule is CC(C)OC(=O)c1ccc(N2C(=O)[C@@H]3[C@@H](C2=O)C2(Cl)c4ccccc4C3(Cl)c3ccccc32)cc1. The largest absolute Gasteiger partial charge is 0.459 e. The van der Waals surface area contributed by atoms with E-state index in [1.165, 1.54) is 4.90 Å². The zero-order valence-corrected chi connectivity index (χ0v) is 20.5. The molecule has 0 unspecified atom stereocenters. The van der Waals surface area contributed by atoms with Crippen LogP contribution in [0.2, 0.25) is 0 Å². The summed E-state index contributed by atoms with van der Waals surface area (Å²) in [5, 5.41) is 0. The number of nitrogens with zero attached hydrogens (tertiary/aromatic N) is 1. The third-order valence-corrected chi connectivity index (χ3v) is 8.57. The van der Waals surface area contributed by atoms with Crippen molar-refractivity contribution in [2.24, 2.45) is 11.8 Å². The summed E-state index contributed by atoms with van der Waals surface area (Å²) >= 11 is 14.9. The number of hydrogen-bond donors (Lipinski definition) is 0. The lowest BCUT2D eigenvalue weighted by Crippen LogP contribution is -2.57. The highest BCUT2D eigenvalue weighted by Crippen LogP contribution is 2.69. The number of imide groups is 1. The van der Waals surface area contributed by atoms with Gasteiger partial charge in [-0.25, -0.2) is 9.69 Å². The molecule has 5 nitrogen and oxygen atoms in total. The van der Waals surface area contributed by atoms with Crippen molar-refractivity contribution in [2.75, 3.05) is 4.90 Å². The molecule has 176 valence electrons. The molecule has 2 amide bonds. The van der Waals surface area contributed by atoms with E-state index in [4.69, 9.17) is 27.9 Å². The van der Waals surface area contributed by atoms with Crippen LogP contribution in [0.15, 0.2) is 72.8 Å². The zero-order valence-electron chi connectivity index (χ0n) is 19.0. The van der Waals surface area contributed by atoms with E-state index in [1.54, 1.807) is 38.1 Å². The molecule has 4 aliphatic rings. The van der Waals surface area contributed by atoms with E-state index >= 15 is 0 Å². The molecule has 0 spiro atoms. The fourth-order valence-corrected chi connectivity index (χ4v) is 7.05. The second-order valence-electron chi connectivity index (χ2n) is 9.48. The maximum atomic E-state index is 13.9. The van der Waals surface area contributed by atoms with Gasteiger partial charge in [-0.3, -0.25) is 9.59 Å². The van der Waals surface area contributed by atoms with Crippen molar-refractivity contribution in [3.05, 3.63) is 101 Å². The standard InChI is InChI=1S/C28H21Cl2NO4/c1-15(2)35-26(34)16-11-13-17(14-12-16)31-24(32)22-23(25(31)33)28(30)19-8-4-3-7-18(19)27(22,29)20-9-5-6-10-21(20)28/h3-15,22-23H,1-2H3/t22-,23-,27?,28?/m0/s1. The number of alkyl halides is 2. The van der Waals surface area contributed by atoms with Crippen LogP contribution in [-0.4, -0.2) is 23.9 Å². The molecule has 0 saturated carbocycles. The molecule has 2 atom stereocenters. The molecule has 3 aliphatic carbocycles. The molecule has 0 aromatic heterocycles. The minimum Gasteiger partial charge on any atom is -0.459 e. The van der Waals surface area contributed by atoms with Crippen LogP contribution in [0, 0.1) is 11.8 Å². The maximum Gasteiger partial charge on any atom is 0.338 e. The smallest absolute Gasteiger partial charge is 0.338 e. The van der Waals surface area contributed by atoms with Crippen molar-refractivity contribution in [3.63, 3.8) is 0 Å². The minimum atomic E-state index is -1.23. The topological polar surface area (TPSA) is 63.7 Å². The first-order chi connectivity index (χ1) is 16.7. The van der Waals surface area contributed by atoms with Gasteiger partial charge in [0.25, 0.3) is 0 Å². The molecule has 0 radical (unpaired) electrons. The van der Waals surface area contributed by atoms with Gasteiger partial charge in [-0.2, -0.15) is 0 Å². The Labute approximate surface area is 212 Å². The van der Waals surface area contributed by atoms with Crippen LogP contribution in [0.3, 0.4) is 0 Å². The van der Waals surface area contributed by atoms with Gasteiger partial charge < -0.3 is 4.74 Å². The summed E-state index contributed by atoms with van der Waals surface area (Å²) in [6.07, 6.45) is -0.259. The molecular formula is C28H21Cl2NO4. The molecule has 3 aromatic rings. The van der Waals surface area contributed by atoms with E-state index in [1.807, 2.05) is 48.5 Å². The molecule has 1 heterocycles. The van der Waals surface area contributed by atoms with Crippen LogP contribution in [0.1, 0.15) is 46.5 Å². The Morgan fingerprint density at radius 3 is 1.54 bits per heavy atom. The van der Waals surface area contributed by atoms with E-state index in [2.05, 4.69) is 0 Å². The number of carbonyl (C=O) groups excluding carboxylic acids is 3. The average molecular weight is 506 g/mol. The average Bonchev–Trinajstić information content (AvgIpc) is 3.13. The Kier molecular flexibility index (Phi) is 4.73. The molecule has 1 aliphatic heterocycles. The lowest BCUT2D eigenvalue weighted by atomic mass is 9.54. The monoisotopic (exact) mass is 505 g/mol. The van der Waals surface area contributed by atoms with E-state index < -0.39 is 39.4 Å². The molecule has 7 heteroatoms. The van der Waals surface area contributed by atoms with Crippen molar-refractivity contribution in [1.82, 2.24) is 0 Å². The molecule has 1 saturated heterocycles. The summed E-state index contributed by atoms with van der Waals surface area (Å²) in [5.41, 5.74) is 3.72. The predicted octanol–water partition coefficient (Wildman–Crippen LogP) is 5.35. The molecule has 7 rings (SSSR count). The first kappa shape index (κ1) is 22.3. The number of halogens is 2. The van der Waals surface area contributed by atoms with Gasteiger partial charge in [0.2, 0.25) is 11.8 Å². The second kappa shape index (κ2) is 7.42. The Morgan fingerprint density at radius 2 is 1.17 bits per heavy atom. The fourth-order valence-electron chi connectivity index (χ4n) is 5.95. The first-order valence-corrected chi connectivity index (χ1v) is 12.2. The molecule has 2 bridgehead atoms. The Bertz CT molecular complexity index is 1290. The number of esters is 1. The number of hydrogen-bond acceptors (Lipinski definition) is 4. The number of rotatable bonds is 3. The van der Waals surface area contributed by atoms with Gasteiger partial charge >= 0.3 is 5.97 Å². The Balaban J connectivity index is 1.49. The highest BCUT2D eigenvalue weighted by atomic mass is 35.5. The maximum absolute atomic E-state index is 13.9. The van der Waals surface area contributed by atoms with Crippen LogP contribution in [0.25, 0.3) is 0 Å². The van der Waals surface area contributed by atoms with Crippen LogP contribution < -0.4 is 4.90 Å². The van der Waals surface area contributed by atoms with Crippen molar-refractivity contribution < 1.29 is 19.1 Å². The minimum absolute atomic E-state index is 0.259. The molecule has 35 heavy (non-hydrogen) atoms. The quantitative estimate of drug-likeness (QED) is 0.273. The molecular weight excluding hydrogens is 485 g/mol. The summed E-state index contributed by atoms with van der Waals surface area (Å²) in [7, 11) is 0. The lowest BCUT2D eigenvalue weighted by Gasteiger charge is -2.54. The van der Waals surface area contributed by atoms with E-state index in [0.29, 0.717) is 11.3 Å². The van der Waals surface area contributed by atoms with Gasteiger partial charge in [-0.05, 0) is 60.4 Å². The van der Waals surface area contributed by atoms with E-state index in [0.717, 1.165) is 22.3 Å². The third kappa shape index (κ3) is 2.74. The third-order valence-electron chi connectivity index (χ3n) is 7.29. The summed E-state index contributed by atoms with van der Waals surface area (Å²) in [4.78, 5) is 38.8. The highest BCUT2D eigenvalue weighted by Gasteiger charge is 2.73. The van der Waals surface area contributed by atoms with Gasteiger partial charge in [0.15, 0.2) is 0 Å². The van der Waals surface area contributed by atoms with E-state index in [9.17, 15) is 14.4 Å². The number of amides is 2. The van der Waals surface area contributed by atoms with Crippen molar-refractivity contribution in [3.8, 4) is 0 Å². The van der Waals surface area contributed by atoms with Crippen molar-refractivity contribution >= 4 is 46.7 Å². The number of benzene rings is 3. The van der Waals surface area contributed by atoms with Gasteiger partial charge in [0.05, 0.1) is 29.2 Å². The van der Waals surface area contributed by atoms with Gasteiger partial charge in [0, 0.05) is 0 Å². The summed E-state index contributed by atoms with van der Waals surface area (Å²) in [5.74, 6) is -3.01. The normalized spacial score (nSPS) is 28.1. The van der Waals surface area contributed by atoms with Gasteiger partial charge in [0.1, 0.15) is 9.75 Å². The number of anilines is 1. The van der Waals surface area contributed by atoms with E-state index in [-0.39, 0.29) is 6.10 Å². The Morgan fingerprint density at radius 1 is 0.771 bits per heavy atom. The Hall–Kier alpha value is -3.15. The fraction of sp³-hybridized carbons (Fsp3) is 0.250. The second-order valence-corrected chi connectivity index (χ2v) is 10.7. The molecule has 0 N–H and O–H groups in total. The molecule has 3 aromatic carbocycles. The van der Waals surface area contributed by atoms with Crippen molar-refractivity contribution in [1.29, 1.82) is 0 Å². The zero-order chi connectivity index (χ0) is 24.7. The summed E-state index contributed by atoms with van der Waals surface area (Å²) in [6.45, 7) is 3.54. The van der Waals surface area contributed by atoms with Crippen LogP contribution in [0.4, 0.5) is 5.69 Å². The first-order valence-electron chi connectivity index (χ1n) is 11.5. The summed E-state index contributed by atoms with van der Waals surface area (Å²) in [6, 6.07) is 21.3. The highest BCUT2D eigenvalue weighted by molar-refractivity contribution is 6.38. The molecule has 1 fully saturated rings. The van der Waals surface area contributed by atoms with Crippen LogP contribution in [-0.2, 0) is 24.1 Å². The lowest BCUT2D eigenvalue weighted by molar-refractivity contribution is -0.122. The number of ether oxygens (including phenoxy) is 1. The van der Waals surface area contributed by atoms with Gasteiger partial charge in [-0.15, -0.1) is 23.2 Å².